The van der Waals surface area contributed by atoms with Crippen LogP contribution in [0, 0.1) is 23.7 Å². The second-order valence-corrected chi connectivity index (χ2v) is 7.79. The Morgan fingerprint density at radius 1 is 0.800 bits per heavy atom. The molecule has 2 fully saturated rings. The zero-order valence-corrected chi connectivity index (χ0v) is 13.4. The first-order valence-corrected chi connectivity index (χ1v) is 8.90. The standard InChI is InChI=1S/C18H34O2/c1-13-3-5-15(6-4-13)11-16-7-9-17(10-8-16)12-18(20)14(2)19/h13-20H,3-12H2,1-2H3/t13-,14-,15+,16?,17?,18?/m1/s1. The van der Waals surface area contributed by atoms with E-state index in [-0.39, 0.29) is 0 Å². The largest absolute Gasteiger partial charge is 0.391 e. The highest BCUT2D eigenvalue weighted by Crippen LogP contribution is 2.39. The highest BCUT2D eigenvalue weighted by atomic mass is 16.3. The average molecular weight is 282 g/mol. The number of aliphatic hydroxyl groups is 2. The summed E-state index contributed by atoms with van der Waals surface area (Å²) >= 11 is 0. The van der Waals surface area contributed by atoms with E-state index in [1.54, 1.807) is 6.92 Å². The van der Waals surface area contributed by atoms with Crippen LogP contribution in [0.2, 0.25) is 0 Å². The van der Waals surface area contributed by atoms with Crippen molar-refractivity contribution in [2.45, 2.75) is 90.3 Å². The molecular formula is C18H34O2. The Kier molecular flexibility index (Phi) is 6.35. The molecule has 0 saturated heterocycles. The van der Waals surface area contributed by atoms with E-state index >= 15 is 0 Å². The average Bonchev–Trinajstić information content (AvgIpc) is 2.43. The third kappa shape index (κ3) is 5.04. The van der Waals surface area contributed by atoms with Crippen molar-refractivity contribution < 1.29 is 10.2 Å². The second kappa shape index (κ2) is 7.79. The topological polar surface area (TPSA) is 40.5 Å². The summed E-state index contributed by atoms with van der Waals surface area (Å²) in [7, 11) is 0. The van der Waals surface area contributed by atoms with Gasteiger partial charge in [-0.05, 0) is 43.4 Å². The maximum atomic E-state index is 9.78. The molecular weight excluding hydrogens is 248 g/mol. The van der Waals surface area contributed by atoms with Crippen LogP contribution in [0.15, 0.2) is 0 Å². The van der Waals surface area contributed by atoms with Gasteiger partial charge < -0.3 is 10.2 Å². The van der Waals surface area contributed by atoms with Crippen molar-refractivity contribution in [3.63, 3.8) is 0 Å². The number of rotatable bonds is 5. The van der Waals surface area contributed by atoms with Crippen LogP contribution in [0.4, 0.5) is 0 Å². The van der Waals surface area contributed by atoms with Gasteiger partial charge in [-0.1, -0.05) is 58.3 Å². The highest BCUT2D eigenvalue weighted by molar-refractivity contribution is 4.79. The van der Waals surface area contributed by atoms with E-state index in [1.165, 1.54) is 57.8 Å². The molecule has 2 heteroatoms. The monoisotopic (exact) mass is 282 g/mol. The molecule has 1 unspecified atom stereocenters. The summed E-state index contributed by atoms with van der Waals surface area (Å²) in [5.41, 5.74) is 0. The van der Waals surface area contributed by atoms with Crippen LogP contribution in [0.25, 0.3) is 0 Å². The highest BCUT2D eigenvalue weighted by Gasteiger charge is 2.27. The lowest BCUT2D eigenvalue weighted by Gasteiger charge is -2.34. The van der Waals surface area contributed by atoms with Gasteiger partial charge in [0.2, 0.25) is 0 Å². The summed E-state index contributed by atoms with van der Waals surface area (Å²) in [5, 5.41) is 19.2. The Bertz CT molecular complexity index is 261. The molecule has 2 aliphatic carbocycles. The van der Waals surface area contributed by atoms with E-state index in [1.807, 2.05) is 0 Å². The zero-order chi connectivity index (χ0) is 14.5. The molecule has 0 heterocycles. The second-order valence-electron chi connectivity index (χ2n) is 7.79. The van der Waals surface area contributed by atoms with Crippen molar-refractivity contribution in [2.75, 3.05) is 0 Å². The minimum absolute atomic E-state index is 0.517. The number of hydrogen-bond acceptors (Lipinski definition) is 2. The lowest BCUT2D eigenvalue weighted by Crippen LogP contribution is -2.28. The zero-order valence-electron chi connectivity index (χ0n) is 13.4. The third-order valence-corrected chi connectivity index (χ3v) is 5.90. The molecule has 0 aromatic carbocycles. The Hall–Kier alpha value is -0.0800. The summed E-state index contributed by atoms with van der Waals surface area (Å²) in [6.07, 6.45) is 12.2. The van der Waals surface area contributed by atoms with Crippen molar-refractivity contribution in [1.29, 1.82) is 0 Å². The molecule has 0 aromatic heterocycles. The van der Waals surface area contributed by atoms with Gasteiger partial charge in [0.1, 0.15) is 0 Å². The maximum Gasteiger partial charge on any atom is 0.0799 e. The summed E-state index contributed by atoms with van der Waals surface area (Å²) in [6, 6.07) is 0. The first kappa shape index (κ1) is 16.3. The van der Waals surface area contributed by atoms with Crippen LogP contribution >= 0.6 is 0 Å². The summed E-state index contributed by atoms with van der Waals surface area (Å²) in [5.74, 6) is 3.54. The van der Waals surface area contributed by atoms with Gasteiger partial charge in [-0.3, -0.25) is 0 Å². The van der Waals surface area contributed by atoms with Crippen molar-refractivity contribution in [3.8, 4) is 0 Å². The molecule has 20 heavy (non-hydrogen) atoms. The number of aliphatic hydroxyl groups excluding tert-OH is 2. The van der Waals surface area contributed by atoms with Crippen LogP contribution in [-0.4, -0.2) is 22.4 Å². The molecule has 0 radical (unpaired) electrons. The Balaban J connectivity index is 1.64. The van der Waals surface area contributed by atoms with Gasteiger partial charge in [0.05, 0.1) is 12.2 Å². The molecule has 0 spiro atoms. The smallest absolute Gasteiger partial charge is 0.0799 e. The van der Waals surface area contributed by atoms with Gasteiger partial charge >= 0.3 is 0 Å². The predicted octanol–water partition coefficient (Wildman–Crippen LogP) is 4.14. The van der Waals surface area contributed by atoms with Crippen molar-refractivity contribution >= 4 is 0 Å². The fourth-order valence-corrected chi connectivity index (χ4v) is 4.28. The molecule has 0 aromatic rings. The van der Waals surface area contributed by atoms with E-state index < -0.39 is 12.2 Å². The Labute approximate surface area is 125 Å². The molecule has 0 bridgehead atoms. The van der Waals surface area contributed by atoms with E-state index in [0.717, 1.165) is 24.2 Å². The van der Waals surface area contributed by atoms with E-state index in [9.17, 15) is 10.2 Å². The molecule has 118 valence electrons. The van der Waals surface area contributed by atoms with Crippen LogP contribution in [0.3, 0.4) is 0 Å². The van der Waals surface area contributed by atoms with Crippen LogP contribution in [-0.2, 0) is 0 Å². The normalized spacial score (nSPS) is 38.4. The molecule has 0 amide bonds. The first-order valence-electron chi connectivity index (χ1n) is 8.90. The maximum absolute atomic E-state index is 9.78. The van der Waals surface area contributed by atoms with Gasteiger partial charge in [-0.15, -0.1) is 0 Å². The van der Waals surface area contributed by atoms with Crippen molar-refractivity contribution in [1.82, 2.24) is 0 Å². The number of hydrogen-bond donors (Lipinski definition) is 2. The third-order valence-electron chi connectivity index (χ3n) is 5.90. The minimum atomic E-state index is -0.572. The molecule has 2 nitrogen and oxygen atoms in total. The Morgan fingerprint density at radius 3 is 1.75 bits per heavy atom. The van der Waals surface area contributed by atoms with Crippen LogP contribution in [0.1, 0.15) is 78.1 Å². The molecule has 0 aliphatic heterocycles. The summed E-state index contributed by atoms with van der Waals surface area (Å²) in [4.78, 5) is 0. The Morgan fingerprint density at radius 2 is 1.25 bits per heavy atom. The lowest BCUT2D eigenvalue weighted by atomic mass is 9.72. The van der Waals surface area contributed by atoms with Gasteiger partial charge in [-0.25, -0.2) is 0 Å². The molecule has 2 saturated carbocycles. The SMILES string of the molecule is C[C@@H](O)C(O)CC1CCC(C[C@H]2CC[C@@H](C)CC2)CC1. The van der Waals surface area contributed by atoms with Crippen LogP contribution < -0.4 is 0 Å². The molecule has 2 N–H and O–H groups in total. The fraction of sp³-hybridized carbons (Fsp3) is 1.00. The van der Waals surface area contributed by atoms with Gasteiger partial charge in [-0.2, -0.15) is 0 Å². The fourth-order valence-electron chi connectivity index (χ4n) is 4.28. The van der Waals surface area contributed by atoms with Crippen molar-refractivity contribution in [3.05, 3.63) is 0 Å². The molecule has 2 aliphatic rings. The predicted molar refractivity (Wildman–Crippen MR) is 83.5 cm³/mol. The first-order chi connectivity index (χ1) is 9.54. The van der Waals surface area contributed by atoms with Gasteiger partial charge in [0, 0.05) is 0 Å². The molecule has 2 rings (SSSR count). The van der Waals surface area contributed by atoms with Crippen molar-refractivity contribution in [2.24, 2.45) is 23.7 Å². The summed E-state index contributed by atoms with van der Waals surface area (Å²) in [6.45, 7) is 4.09. The van der Waals surface area contributed by atoms with E-state index in [4.69, 9.17) is 0 Å². The van der Waals surface area contributed by atoms with Gasteiger partial charge in [0.25, 0.3) is 0 Å². The van der Waals surface area contributed by atoms with E-state index in [2.05, 4.69) is 6.92 Å². The molecule has 2 atom stereocenters. The quantitative estimate of drug-likeness (QED) is 0.795. The van der Waals surface area contributed by atoms with Crippen LogP contribution in [0.5, 0.6) is 0 Å². The van der Waals surface area contributed by atoms with E-state index in [0.29, 0.717) is 5.92 Å². The minimum Gasteiger partial charge on any atom is -0.391 e. The summed E-state index contributed by atoms with van der Waals surface area (Å²) < 4.78 is 0. The van der Waals surface area contributed by atoms with Gasteiger partial charge in [0.15, 0.2) is 0 Å². The lowest BCUT2D eigenvalue weighted by molar-refractivity contribution is 0.00999.